The molecular formula is C26H32N2O3. The molecule has 5 nitrogen and oxygen atoms in total. The fourth-order valence-electron chi connectivity index (χ4n) is 4.12. The van der Waals surface area contributed by atoms with Crippen molar-refractivity contribution in [1.29, 1.82) is 0 Å². The molecule has 1 atom stereocenters. The Kier molecular flexibility index (Phi) is 7.73. The summed E-state index contributed by atoms with van der Waals surface area (Å²) in [5.74, 6) is 3.34. The zero-order valence-electron chi connectivity index (χ0n) is 18.8. The van der Waals surface area contributed by atoms with Gasteiger partial charge in [-0.1, -0.05) is 25.0 Å². The first kappa shape index (κ1) is 22.9. The highest BCUT2D eigenvalue weighted by atomic mass is 16.5. The summed E-state index contributed by atoms with van der Waals surface area (Å²) in [6, 6.07) is 15.8. The van der Waals surface area contributed by atoms with Gasteiger partial charge in [0.05, 0.1) is 18.8 Å². The monoisotopic (exact) mass is 420 g/mol. The van der Waals surface area contributed by atoms with E-state index in [4.69, 9.17) is 15.9 Å². The van der Waals surface area contributed by atoms with Crippen molar-refractivity contribution in [2.24, 2.45) is 0 Å². The van der Waals surface area contributed by atoms with Gasteiger partial charge in [-0.15, -0.1) is 6.42 Å². The Bertz CT molecular complexity index is 894. The molecule has 1 heterocycles. The van der Waals surface area contributed by atoms with Crippen LogP contribution in [-0.4, -0.2) is 63.2 Å². The number of Topliss-reactive ketones (excluding diaryl/α,β-unsaturated/α-hetero) is 1. The minimum atomic E-state index is -0.623. The molecule has 0 spiro atoms. The Labute approximate surface area is 185 Å². The molecule has 0 N–H and O–H groups in total. The standard InChI is InChI=1S/C26H32N2O3/c1-5-17-31-24-13-7-21(8-14-24)20-26(6-2,27(3)4)25(29)22-9-11-23(12-10-22)28-15-18-30-19-16-28/h1,7-14H,6,15-20H2,2-4H3. The third-order valence-corrected chi connectivity index (χ3v) is 6.11. The zero-order valence-corrected chi connectivity index (χ0v) is 18.8. The van der Waals surface area contributed by atoms with Crippen molar-refractivity contribution >= 4 is 11.5 Å². The average molecular weight is 421 g/mol. The Morgan fingerprint density at radius 1 is 1.13 bits per heavy atom. The number of morpholine rings is 1. The van der Waals surface area contributed by atoms with E-state index < -0.39 is 5.54 Å². The van der Waals surface area contributed by atoms with Crippen molar-refractivity contribution < 1.29 is 14.3 Å². The number of hydrogen-bond donors (Lipinski definition) is 0. The highest BCUT2D eigenvalue weighted by Crippen LogP contribution is 2.29. The third-order valence-electron chi connectivity index (χ3n) is 6.11. The normalized spacial score (nSPS) is 15.9. The molecule has 0 amide bonds. The second-order valence-corrected chi connectivity index (χ2v) is 8.07. The highest BCUT2D eigenvalue weighted by molar-refractivity contribution is 6.03. The molecular weight excluding hydrogens is 388 g/mol. The SMILES string of the molecule is C#CCOc1ccc(CC(CC)(C(=O)c2ccc(N3CCOCC3)cc2)N(C)C)cc1. The summed E-state index contributed by atoms with van der Waals surface area (Å²) < 4.78 is 10.9. The van der Waals surface area contributed by atoms with Gasteiger partial charge in [0.2, 0.25) is 0 Å². The first-order chi connectivity index (χ1) is 15.0. The van der Waals surface area contributed by atoms with Gasteiger partial charge in [0.1, 0.15) is 12.4 Å². The Balaban J connectivity index is 1.80. The molecule has 1 unspecified atom stereocenters. The van der Waals surface area contributed by atoms with Gasteiger partial charge >= 0.3 is 0 Å². The molecule has 0 radical (unpaired) electrons. The molecule has 0 saturated carbocycles. The summed E-state index contributed by atoms with van der Waals surface area (Å²) in [5.41, 5.74) is 2.33. The van der Waals surface area contributed by atoms with Crippen LogP contribution < -0.4 is 9.64 Å². The predicted molar refractivity (Wildman–Crippen MR) is 125 cm³/mol. The molecule has 164 valence electrons. The van der Waals surface area contributed by atoms with Gasteiger partial charge in [-0.25, -0.2) is 0 Å². The van der Waals surface area contributed by atoms with Crippen molar-refractivity contribution in [2.45, 2.75) is 25.3 Å². The number of carbonyl (C=O) groups is 1. The van der Waals surface area contributed by atoms with Crippen molar-refractivity contribution in [1.82, 2.24) is 4.90 Å². The van der Waals surface area contributed by atoms with Gasteiger partial charge in [-0.2, -0.15) is 0 Å². The van der Waals surface area contributed by atoms with E-state index in [1.807, 2.05) is 67.5 Å². The van der Waals surface area contributed by atoms with Crippen LogP contribution in [-0.2, 0) is 11.2 Å². The van der Waals surface area contributed by atoms with E-state index in [9.17, 15) is 4.79 Å². The summed E-state index contributed by atoms with van der Waals surface area (Å²) in [6.45, 7) is 5.56. The van der Waals surface area contributed by atoms with E-state index in [1.165, 1.54) is 0 Å². The lowest BCUT2D eigenvalue weighted by Gasteiger charge is -2.38. The molecule has 5 heteroatoms. The number of anilines is 1. The molecule has 2 aromatic carbocycles. The van der Waals surface area contributed by atoms with Crippen molar-refractivity contribution in [3.63, 3.8) is 0 Å². The first-order valence-electron chi connectivity index (χ1n) is 10.8. The molecule has 3 rings (SSSR count). The number of carbonyl (C=O) groups excluding carboxylic acids is 1. The number of ketones is 1. The van der Waals surface area contributed by atoms with Crippen LogP contribution >= 0.6 is 0 Å². The number of likely N-dealkylation sites (N-methyl/N-ethyl adjacent to an activating group) is 1. The van der Waals surface area contributed by atoms with Crippen molar-refractivity contribution in [3.8, 4) is 18.1 Å². The van der Waals surface area contributed by atoms with Gasteiger partial charge in [0.15, 0.2) is 5.78 Å². The van der Waals surface area contributed by atoms with Crippen LogP contribution in [0.1, 0.15) is 29.3 Å². The summed E-state index contributed by atoms with van der Waals surface area (Å²) >= 11 is 0. The topological polar surface area (TPSA) is 42.0 Å². The van der Waals surface area contributed by atoms with Crippen LogP contribution in [0.2, 0.25) is 0 Å². The lowest BCUT2D eigenvalue weighted by atomic mass is 9.80. The van der Waals surface area contributed by atoms with Crippen LogP contribution in [0.3, 0.4) is 0 Å². The van der Waals surface area contributed by atoms with Crippen LogP contribution in [0.4, 0.5) is 5.69 Å². The maximum absolute atomic E-state index is 13.7. The fourth-order valence-corrected chi connectivity index (χ4v) is 4.12. The first-order valence-corrected chi connectivity index (χ1v) is 10.8. The van der Waals surface area contributed by atoms with Crippen LogP contribution in [0.5, 0.6) is 5.75 Å². The van der Waals surface area contributed by atoms with E-state index >= 15 is 0 Å². The average Bonchev–Trinajstić information content (AvgIpc) is 2.82. The van der Waals surface area contributed by atoms with Gasteiger partial charge in [0.25, 0.3) is 0 Å². The zero-order chi connectivity index (χ0) is 22.3. The van der Waals surface area contributed by atoms with Crippen LogP contribution in [0.15, 0.2) is 48.5 Å². The Morgan fingerprint density at radius 3 is 2.32 bits per heavy atom. The minimum absolute atomic E-state index is 0.140. The molecule has 1 aliphatic rings. The number of terminal acetylenes is 1. The quantitative estimate of drug-likeness (QED) is 0.457. The van der Waals surface area contributed by atoms with Crippen LogP contribution in [0.25, 0.3) is 0 Å². The van der Waals surface area contributed by atoms with E-state index in [2.05, 4.69) is 17.7 Å². The predicted octanol–water partition coefficient (Wildman–Crippen LogP) is 3.67. The van der Waals surface area contributed by atoms with Crippen molar-refractivity contribution in [3.05, 3.63) is 59.7 Å². The Morgan fingerprint density at radius 2 is 1.77 bits per heavy atom. The number of ether oxygens (including phenoxy) is 2. The summed E-state index contributed by atoms with van der Waals surface area (Å²) in [6.07, 6.45) is 6.58. The van der Waals surface area contributed by atoms with E-state index in [0.717, 1.165) is 48.9 Å². The van der Waals surface area contributed by atoms with Gasteiger partial charge in [-0.05, 0) is 68.9 Å². The number of rotatable bonds is 9. The van der Waals surface area contributed by atoms with Crippen LogP contribution in [0, 0.1) is 12.3 Å². The minimum Gasteiger partial charge on any atom is -0.481 e. The number of nitrogens with zero attached hydrogens (tertiary/aromatic N) is 2. The number of hydrogen-bond acceptors (Lipinski definition) is 5. The van der Waals surface area contributed by atoms with Gasteiger partial charge in [0, 0.05) is 24.3 Å². The van der Waals surface area contributed by atoms with Crippen molar-refractivity contribution in [2.75, 3.05) is 51.9 Å². The lowest BCUT2D eigenvalue weighted by Crippen LogP contribution is -2.52. The smallest absolute Gasteiger partial charge is 0.183 e. The molecule has 0 aliphatic carbocycles. The highest BCUT2D eigenvalue weighted by Gasteiger charge is 2.39. The largest absolute Gasteiger partial charge is 0.481 e. The summed E-state index contributed by atoms with van der Waals surface area (Å²) in [7, 11) is 3.96. The Hall–Kier alpha value is -2.81. The molecule has 0 aromatic heterocycles. The van der Waals surface area contributed by atoms with E-state index in [1.54, 1.807) is 0 Å². The van der Waals surface area contributed by atoms with E-state index in [-0.39, 0.29) is 12.4 Å². The summed E-state index contributed by atoms with van der Waals surface area (Å²) in [5, 5.41) is 0. The number of benzene rings is 2. The summed E-state index contributed by atoms with van der Waals surface area (Å²) in [4.78, 5) is 18.1. The molecule has 0 bridgehead atoms. The third kappa shape index (κ3) is 5.28. The molecule has 1 saturated heterocycles. The van der Waals surface area contributed by atoms with Gasteiger partial charge in [-0.3, -0.25) is 9.69 Å². The molecule has 1 aliphatic heterocycles. The molecule has 2 aromatic rings. The second-order valence-electron chi connectivity index (χ2n) is 8.07. The van der Waals surface area contributed by atoms with E-state index in [0.29, 0.717) is 12.8 Å². The second kappa shape index (κ2) is 10.5. The lowest BCUT2D eigenvalue weighted by molar-refractivity contribution is 0.0666. The fraction of sp³-hybridized carbons (Fsp3) is 0.423. The maximum atomic E-state index is 13.7. The maximum Gasteiger partial charge on any atom is 0.183 e. The molecule has 1 fully saturated rings. The van der Waals surface area contributed by atoms with Gasteiger partial charge < -0.3 is 14.4 Å². The molecule has 31 heavy (non-hydrogen) atoms.